The quantitative estimate of drug-likeness (QED) is 0.870. The van der Waals surface area contributed by atoms with Crippen LogP contribution < -0.4 is 5.32 Å². The molecule has 0 bridgehead atoms. The van der Waals surface area contributed by atoms with E-state index in [1.54, 1.807) is 12.1 Å². The first kappa shape index (κ1) is 19.3. The third-order valence-corrected chi connectivity index (χ3v) is 7.38. The summed E-state index contributed by atoms with van der Waals surface area (Å²) in [6.07, 6.45) is 4.44. The van der Waals surface area contributed by atoms with Gasteiger partial charge in [-0.1, -0.05) is 25.8 Å². The number of hydrogen-bond donors (Lipinski definition) is 1. The Morgan fingerprint density at radius 3 is 2.58 bits per heavy atom. The zero-order chi connectivity index (χ0) is 18.7. The maximum atomic E-state index is 12.9. The van der Waals surface area contributed by atoms with Crippen LogP contribution in [-0.2, 0) is 14.8 Å². The highest BCUT2D eigenvalue weighted by Crippen LogP contribution is 2.25. The molecule has 3 rings (SSSR count). The molecule has 2 fully saturated rings. The molecule has 6 nitrogen and oxygen atoms in total. The fourth-order valence-corrected chi connectivity index (χ4v) is 5.15. The highest BCUT2D eigenvalue weighted by atomic mass is 32.2. The summed E-state index contributed by atoms with van der Waals surface area (Å²) in [6, 6.07) is 4.98. The van der Waals surface area contributed by atoms with Crippen molar-refractivity contribution in [3.63, 3.8) is 0 Å². The zero-order valence-electron chi connectivity index (χ0n) is 15.5. The number of nitrogens with one attached hydrogen (secondary N) is 1. The van der Waals surface area contributed by atoms with Crippen LogP contribution in [0.3, 0.4) is 0 Å². The van der Waals surface area contributed by atoms with Crippen LogP contribution in [0.4, 0.5) is 0 Å². The number of rotatable bonds is 4. The van der Waals surface area contributed by atoms with Crippen LogP contribution in [-0.4, -0.2) is 51.0 Å². The smallest absolute Gasteiger partial charge is 0.251 e. The second kappa shape index (κ2) is 8.06. The lowest BCUT2D eigenvalue weighted by molar-refractivity contribution is 0.0730. The van der Waals surface area contributed by atoms with Crippen LogP contribution in [0.15, 0.2) is 23.1 Å². The average molecular weight is 381 g/mol. The predicted molar refractivity (Wildman–Crippen MR) is 99.6 cm³/mol. The van der Waals surface area contributed by atoms with E-state index in [2.05, 4.69) is 12.2 Å². The maximum absolute atomic E-state index is 12.9. The van der Waals surface area contributed by atoms with E-state index in [1.165, 1.54) is 16.8 Å². The van der Waals surface area contributed by atoms with Crippen molar-refractivity contribution < 1.29 is 17.9 Å². The maximum Gasteiger partial charge on any atom is 0.251 e. The van der Waals surface area contributed by atoms with Gasteiger partial charge in [-0.05, 0) is 43.4 Å². The fourth-order valence-electron chi connectivity index (χ4n) is 3.72. The van der Waals surface area contributed by atoms with Crippen LogP contribution in [0.2, 0.25) is 0 Å². The van der Waals surface area contributed by atoms with Crippen molar-refractivity contribution >= 4 is 15.9 Å². The summed E-state index contributed by atoms with van der Waals surface area (Å²) in [5.74, 6) is 0.272. The molecule has 1 aromatic rings. The molecular weight excluding hydrogens is 352 g/mol. The monoisotopic (exact) mass is 380 g/mol. The number of aryl methyl sites for hydroxylation is 1. The Morgan fingerprint density at radius 2 is 1.88 bits per heavy atom. The molecule has 2 atom stereocenters. The van der Waals surface area contributed by atoms with Crippen molar-refractivity contribution in [2.75, 3.05) is 26.3 Å². The number of sulfonamides is 1. The van der Waals surface area contributed by atoms with Gasteiger partial charge in [0, 0.05) is 24.7 Å². The number of carbonyl (C=O) groups is 1. The van der Waals surface area contributed by atoms with Crippen molar-refractivity contribution in [3.8, 4) is 0 Å². The van der Waals surface area contributed by atoms with Gasteiger partial charge in [0.25, 0.3) is 5.91 Å². The molecule has 1 amide bonds. The lowest BCUT2D eigenvalue weighted by Crippen LogP contribution is -2.42. The second-order valence-corrected chi connectivity index (χ2v) is 9.27. The zero-order valence-corrected chi connectivity index (χ0v) is 16.3. The van der Waals surface area contributed by atoms with Gasteiger partial charge < -0.3 is 10.1 Å². The number of nitrogens with zero attached hydrogens (tertiary/aromatic N) is 1. The summed E-state index contributed by atoms with van der Waals surface area (Å²) in [5.41, 5.74) is 1.23. The summed E-state index contributed by atoms with van der Waals surface area (Å²) < 4.78 is 32.4. The Hall–Kier alpha value is -1.44. The van der Waals surface area contributed by atoms with E-state index >= 15 is 0 Å². The fraction of sp³-hybridized carbons (Fsp3) is 0.632. The Morgan fingerprint density at radius 1 is 1.19 bits per heavy atom. The van der Waals surface area contributed by atoms with Crippen LogP contribution in [0.1, 0.15) is 48.5 Å². The van der Waals surface area contributed by atoms with Gasteiger partial charge in [-0.2, -0.15) is 4.31 Å². The molecule has 1 aliphatic carbocycles. The highest BCUT2D eigenvalue weighted by molar-refractivity contribution is 7.89. The van der Waals surface area contributed by atoms with Crippen LogP contribution in [0.5, 0.6) is 0 Å². The van der Waals surface area contributed by atoms with Gasteiger partial charge in [0.2, 0.25) is 10.0 Å². The van der Waals surface area contributed by atoms with Gasteiger partial charge in [-0.25, -0.2) is 8.42 Å². The summed E-state index contributed by atoms with van der Waals surface area (Å²) >= 11 is 0. The van der Waals surface area contributed by atoms with Crippen LogP contribution in [0.25, 0.3) is 0 Å². The number of benzene rings is 1. The molecular formula is C19H28N2O4S. The van der Waals surface area contributed by atoms with Crippen LogP contribution in [0, 0.1) is 12.8 Å². The summed E-state index contributed by atoms with van der Waals surface area (Å²) in [6.45, 7) is 5.49. The Bertz CT molecular complexity index is 757. The van der Waals surface area contributed by atoms with Crippen molar-refractivity contribution in [1.29, 1.82) is 0 Å². The van der Waals surface area contributed by atoms with Crippen molar-refractivity contribution in [1.82, 2.24) is 9.62 Å². The van der Waals surface area contributed by atoms with E-state index in [0.29, 0.717) is 37.8 Å². The molecule has 7 heteroatoms. The van der Waals surface area contributed by atoms with Gasteiger partial charge in [0.1, 0.15) is 0 Å². The highest BCUT2D eigenvalue weighted by Gasteiger charge is 2.28. The minimum Gasteiger partial charge on any atom is -0.379 e. The number of amides is 1. The lowest BCUT2D eigenvalue weighted by atomic mass is 9.86. The van der Waals surface area contributed by atoms with Crippen molar-refractivity contribution in [3.05, 3.63) is 29.3 Å². The third kappa shape index (κ3) is 4.10. The Kier molecular flexibility index (Phi) is 5.99. The number of ether oxygens (including phenoxy) is 1. The molecule has 0 unspecified atom stereocenters. The van der Waals surface area contributed by atoms with Crippen molar-refractivity contribution in [2.24, 2.45) is 5.92 Å². The molecule has 26 heavy (non-hydrogen) atoms. The van der Waals surface area contributed by atoms with E-state index in [-0.39, 0.29) is 16.8 Å². The molecule has 1 aromatic carbocycles. The standard InChI is InChI=1S/C19H28N2O4S/c1-14-7-8-16(26(23,24)21-9-11-25-12-10-21)13-17(14)19(22)20-18-6-4-3-5-15(18)2/h7-8,13,15,18H,3-6,9-12H2,1-2H3,(H,20,22)/t15-,18+/m0/s1. The Labute approximate surface area is 156 Å². The summed E-state index contributed by atoms with van der Waals surface area (Å²) in [7, 11) is -3.61. The number of morpholine rings is 1. The number of hydrogen-bond acceptors (Lipinski definition) is 4. The molecule has 0 spiro atoms. The predicted octanol–water partition coefficient (Wildman–Crippen LogP) is 2.32. The van der Waals surface area contributed by atoms with Crippen LogP contribution >= 0.6 is 0 Å². The number of carbonyl (C=O) groups excluding carboxylic acids is 1. The largest absolute Gasteiger partial charge is 0.379 e. The molecule has 0 aromatic heterocycles. The molecule has 1 saturated heterocycles. The minimum absolute atomic E-state index is 0.162. The van der Waals surface area contributed by atoms with Gasteiger partial charge in [-0.3, -0.25) is 4.79 Å². The normalized spacial score (nSPS) is 25.0. The molecule has 1 aliphatic heterocycles. The van der Waals surface area contributed by atoms with Gasteiger partial charge in [0.15, 0.2) is 0 Å². The van der Waals surface area contributed by atoms with E-state index in [1.807, 2.05) is 6.92 Å². The second-order valence-electron chi connectivity index (χ2n) is 7.33. The molecule has 144 valence electrons. The molecule has 1 N–H and O–H groups in total. The van der Waals surface area contributed by atoms with Gasteiger partial charge >= 0.3 is 0 Å². The molecule has 1 saturated carbocycles. The molecule has 2 aliphatic rings. The average Bonchev–Trinajstić information content (AvgIpc) is 2.64. The van der Waals surface area contributed by atoms with Gasteiger partial charge in [0.05, 0.1) is 18.1 Å². The molecule has 0 radical (unpaired) electrons. The Balaban J connectivity index is 1.81. The van der Waals surface area contributed by atoms with E-state index in [4.69, 9.17) is 4.74 Å². The van der Waals surface area contributed by atoms with E-state index in [9.17, 15) is 13.2 Å². The van der Waals surface area contributed by atoms with Crippen molar-refractivity contribution in [2.45, 2.75) is 50.5 Å². The third-order valence-electron chi connectivity index (χ3n) is 5.49. The first-order valence-electron chi connectivity index (χ1n) is 9.39. The van der Waals surface area contributed by atoms with Gasteiger partial charge in [-0.15, -0.1) is 0 Å². The van der Waals surface area contributed by atoms with E-state index < -0.39 is 10.0 Å². The summed E-state index contributed by atoms with van der Waals surface area (Å²) in [5, 5.41) is 3.12. The first-order valence-corrected chi connectivity index (χ1v) is 10.8. The summed E-state index contributed by atoms with van der Waals surface area (Å²) in [4.78, 5) is 13.0. The molecule has 1 heterocycles. The first-order chi connectivity index (χ1) is 12.4. The lowest BCUT2D eigenvalue weighted by Gasteiger charge is -2.30. The SMILES string of the molecule is Cc1ccc(S(=O)(=O)N2CCOCC2)cc1C(=O)N[C@@H]1CCCC[C@@H]1C. The minimum atomic E-state index is -3.61. The van der Waals surface area contributed by atoms with E-state index in [0.717, 1.165) is 24.8 Å². The topological polar surface area (TPSA) is 75.7 Å².